The molecule has 1 saturated carbocycles. The highest BCUT2D eigenvalue weighted by atomic mass is 15.0. The van der Waals surface area contributed by atoms with E-state index in [-0.39, 0.29) is 5.54 Å². The van der Waals surface area contributed by atoms with Crippen molar-refractivity contribution in [1.29, 1.82) is 0 Å². The van der Waals surface area contributed by atoms with Crippen LogP contribution in [0.25, 0.3) is 11.0 Å². The van der Waals surface area contributed by atoms with Crippen molar-refractivity contribution < 1.29 is 0 Å². The fraction of sp³-hybridized carbons (Fsp3) is 0.400. The van der Waals surface area contributed by atoms with Gasteiger partial charge in [-0.25, -0.2) is 4.98 Å². The number of nitrogens with two attached hydrogens (primary N) is 1. The van der Waals surface area contributed by atoms with Crippen LogP contribution in [-0.2, 0) is 5.54 Å². The van der Waals surface area contributed by atoms with Gasteiger partial charge >= 0.3 is 0 Å². The number of nitrogens with zero attached hydrogens (tertiary/aromatic N) is 2. The Balaban J connectivity index is 2.14. The summed E-state index contributed by atoms with van der Waals surface area (Å²) in [5.41, 5.74) is 7.89. The monoisotopic (exact) mass is 188 g/mol. The highest BCUT2D eigenvalue weighted by Crippen LogP contribution is 2.37. The zero-order valence-electron chi connectivity index (χ0n) is 7.83. The largest absolute Gasteiger partial charge is 0.339 e. The van der Waals surface area contributed by atoms with Crippen molar-refractivity contribution in [2.75, 3.05) is 0 Å². The second-order valence-electron chi connectivity index (χ2n) is 3.99. The number of imidazole rings is 1. The number of pyridine rings is 1. The lowest BCUT2D eigenvalue weighted by atomic mass is 9.77. The van der Waals surface area contributed by atoms with Gasteiger partial charge < -0.3 is 10.7 Å². The minimum atomic E-state index is -0.209. The zero-order chi connectivity index (χ0) is 9.60. The molecule has 2 heterocycles. The number of fused-ring (bicyclic) bond motifs is 1. The Morgan fingerprint density at radius 3 is 2.93 bits per heavy atom. The predicted octanol–water partition coefficient (Wildman–Crippen LogP) is 1.30. The normalized spacial score (nSPS) is 19.5. The van der Waals surface area contributed by atoms with Crippen LogP contribution in [0, 0.1) is 0 Å². The summed E-state index contributed by atoms with van der Waals surface area (Å²) < 4.78 is 0. The van der Waals surface area contributed by atoms with Gasteiger partial charge in [-0.2, -0.15) is 0 Å². The summed E-state index contributed by atoms with van der Waals surface area (Å²) in [5.74, 6) is 0.909. The zero-order valence-corrected chi connectivity index (χ0v) is 7.83. The third-order valence-electron chi connectivity index (χ3n) is 3.00. The molecule has 1 aliphatic rings. The molecule has 3 rings (SSSR count). The number of aromatic amines is 1. The van der Waals surface area contributed by atoms with Crippen LogP contribution in [0.4, 0.5) is 0 Å². The number of nitrogens with one attached hydrogen (secondary N) is 1. The third-order valence-corrected chi connectivity index (χ3v) is 3.00. The molecule has 1 fully saturated rings. The maximum atomic E-state index is 6.17. The first kappa shape index (κ1) is 7.94. The lowest BCUT2D eigenvalue weighted by Crippen LogP contribution is -2.44. The minimum Gasteiger partial charge on any atom is -0.339 e. The first-order valence-electron chi connectivity index (χ1n) is 4.87. The maximum absolute atomic E-state index is 6.17. The average Bonchev–Trinajstić information content (AvgIpc) is 2.57. The van der Waals surface area contributed by atoms with Crippen molar-refractivity contribution in [3.05, 3.63) is 24.3 Å². The van der Waals surface area contributed by atoms with Crippen LogP contribution in [0.1, 0.15) is 25.1 Å². The Labute approximate surface area is 81.6 Å². The minimum absolute atomic E-state index is 0.209. The summed E-state index contributed by atoms with van der Waals surface area (Å²) in [6, 6.07) is 1.90. The fourth-order valence-electron chi connectivity index (χ4n) is 1.89. The van der Waals surface area contributed by atoms with Gasteiger partial charge in [-0.3, -0.25) is 4.98 Å². The second kappa shape index (κ2) is 2.54. The predicted molar refractivity (Wildman–Crippen MR) is 53.6 cm³/mol. The Morgan fingerprint density at radius 2 is 2.29 bits per heavy atom. The molecule has 0 atom stereocenters. The Morgan fingerprint density at radius 1 is 1.43 bits per heavy atom. The molecule has 1 aliphatic carbocycles. The molecule has 0 bridgehead atoms. The summed E-state index contributed by atoms with van der Waals surface area (Å²) in [5, 5.41) is 0. The molecular formula is C10H12N4. The molecule has 0 aromatic carbocycles. The molecule has 2 aromatic rings. The van der Waals surface area contributed by atoms with Crippen LogP contribution in [0.3, 0.4) is 0 Å². The highest BCUT2D eigenvalue weighted by molar-refractivity contribution is 5.73. The van der Waals surface area contributed by atoms with Crippen molar-refractivity contribution in [1.82, 2.24) is 15.0 Å². The topological polar surface area (TPSA) is 67.6 Å². The van der Waals surface area contributed by atoms with Gasteiger partial charge in [0.05, 0.1) is 22.8 Å². The smallest absolute Gasteiger partial charge is 0.127 e. The molecule has 3 N–H and O–H groups in total. The molecule has 0 radical (unpaired) electrons. The molecule has 0 unspecified atom stereocenters. The van der Waals surface area contributed by atoms with E-state index in [0.717, 1.165) is 29.7 Å². The van der Waals surface area contributed by atoms with Crippen molar-refractivity contribution in [2.45, 2.75) is 24.8 Å². The molecule has 0 spiro atoms. The van der Waals surface area contributed by atoms with Gasteiger partial charge in [0.1, 0.15) is 5.82 Å². The van der Waals surface area contributed by atoms with Gasteiger partial charge in [-0.05, 0) is 25.3 Å². The van der Waals surface area contributed by atoms with Crippen LogP contribution in [-0.4, -0.2) is 15.0 Å². The fourth-order valence-corrected chi connectivity index (χ4v) is 1.89. The van der Waals surface area contributed by atoms with E-state index in [1.165, 1.54) is 6.42 Å². The summed E-state index contributed by atoms with van der Waals surface area (Å²) in [6.45, 7) is 0. The van der Waals surface area contributed by atoms with E-state index in [1.807, 2.05) is 6.07 Å². The Bertz CT molecular complexity index is 437. The van der Waals surface area contributed by atoms with Crippen LogP contribution in [0.15, 0.2) is 18.5 Å². The summed E-state index contributed by atoms with van der Waals surface area (Å²) in [4.78, 5) is 11.8. The summed E-state index contributed by atoms with van der Waals surface area (Å²) >= 11 is 0. The van der Waals surface area contributed by atoms with E-state index in [0.29, 0.717) is 0 Å². The number of hydrogen-bond acceptors (Lipinski definition) is 3. The lowest BCUT2D eigenvalue weighted by Gasteiger charge is -2.35. The van der Waals surface area contributed by atoms with E-state index in [2.05, 4.69) is 15.0 Å². The van der Waals surface area contributed by atoms with Crippen molar-refractivity contribution in [3.8, 4) is 0 Å². The first-order chi connectivity index (χ1) is 6.78. The van der Waals surface area contributed by atoms with Gasteiger partial charge in [0.15, 0.2) is 0 Å². The van der Waals surface area contributed by atoms with E-state index >= 15 is 0 Å². The molecule has 2 aromatic heterocycles. The first-order valence-corrected chi connectivity index (χ1v) is 4.87. The SMILES string of the molecule is NC1(c2nc3ccncc3[nH]2)CCC1. The molecule has 4 heteroatoms. The van der Waals surface area contributed by atoms with E-state index < -0.39 is 0 Å². The molecule has 0 aliphatic heterocycles. The number of rotatable bonds is 1. The van der Waals surface area contributed by atoms with Crippen molar-refractivity contribution in [3.63, 3.8) is 0 Å². The molecule has 0 amide bonds. The van der Waals surface area contributed by atoms with Gasteiger partial charge in [0, 0.05) is 6.20 Å². The standard InChI is InChI=1S/C10H12N4/c11-10(3-1-4-10)9-13-7-2-5-12-6-8(7)14-9/h2,5-6H,1,3-4,11H2,(H,13,14). The number of hydrogen-bond donors (Lipinski definition) is 2. The van der Waals surface area contributed by atoms with E-state index in [1.54, 1.807) is 12.4 Å². The summed E-state index contributed by atoms with van der Waals surface area (Å²) in [7, 11) is 0. The van der Waals surface area contributed by atoms with Crippen LogP contribution in [0.2, 0.25) is 0 Å². The van der Waals surface area contributed by atoms with Gasteiger partial charge in [0.2, 0.25) is 0 Å². The van der Waals surface area contributed by atoms with Gasteiger partial charge in [-0.1, -0.05) is 0 Å². The molecular weight excluding hydrogens is 176 g/mol. The van der Waals surface area contributed by atoms with E-state index in [4.69, 9.17) is 5.73 Å². The number of H-pyrrole nitrogens is 1. The van der Waals surface area contributed by atoms with Gasteiger partial charge in [0.25, 0.3) is 0 Å². The summed E-state index contributed by atoms with van der Waals surface area (Å²) in [6.07, 6.45) is 6.79. The lowest BCUT2D eigenvalue weighted by molar-refractivity contribution is 0.240. The van der Waals surface area contributed by atoms with Crippen molar-refractivity contribution >= 4 is 11.0 Å². The van der Waals surface area contributed by atoms with Gasteiger partial charge in [-0.15, -0.1) is 0 Å². The van der Waals surface area contributed by atoms with Crippen LogP contribution >= 0.6 is 0 Å². The Kier molecular flexibility index (Phi) is 1.44. The Hall–Kier alpha value is -1.42. The molecule has 14 heavy (non-hydrogen) atoms. The van der Waals surface area contributed by atoms with Crippen LogP contribution in [0.5, 0.6) is 0 Å². The van der Waals surface area contributed by atoms with Crippen LogP contribution < -0.4 is 5.73 Å². The maximum Gasteiger partial charge on any atom is 0.127 e. The molecule has 4 nitrogen and oxygen atoms in total. The third kappa shape index (κ3) is 0.974. The number of aromatic nitrogens is 3. The average molecular weight is 188 g/mol. The van der Waals surface area contributed by atoms with Crippen molar-refractivity contribution in [2.24, 2.45) is 5.73 Å². The molecule has 72 valence electrons. The quantitative estimate of drug-likeness (QED) is 0.708. The molecule has 0 saturated heterocycles. The van der Waals surface area contributed by atoms with E-state index in [9.17, 15) is 0 Å². The second-order valence-corrected chi connectivity index (χ2v) is 3.99. The highest BCUT2D eigenvalue weighted by Gasteiger charge is 2.37.